The van der Waals surface area contributed by atoms with Gasteiger partial charge in [-0.1, -0.05) is 12.1 Å². The molecule has 0 spiro atoms. The first-order valence-electron chi connectivity index (χ1n) is 8.23. The molecule has 0 unspecified atom stereocenters. The van der Waals surface area contributed by atoms with E-state index in [2.05, 4.69) is 5.32 Å². The maximum absolute atomic E-state index is 12.6. The maximum Gasteiger partial charge on any atom is 0.304 e. The first-order valence-corrected chi connectivity index (χ1v) is 9.39. The molecule has 0 bridgehead atoms. The normalized spacial score (nSPS) is 10.4. The molecule has 0 saturated heterocycles. The highest BCUT2D eigenvalue weighted by molar-refractivity contribution is 7.98. The van der Waals surface area contributed by atoms with E-state index in [-0.39, 0.29) is 17.7 Å². The van der Waals surface area contributed by atoms with Crippen molar-refractivity contribution < 1.29 is 19.6 Å². The third-order valence-corrected chi connectivity index (χ3v) is 4.93. The number of carboxylic acid groups (broad SMARTS) is 1. The number of aryl methyl sites for hydroxylation is 2. The van der Waals surface area contributed by atoms with Gasteiger partial charge in [0.25, 0.3) is 11.6 Å². The monoisotopic (exact) mass is 388 g/mol. The average Bonchev–Trinajstić information content (AvgIpc) is 2.58. The van der Waals surface area contributed by atoms with Crippen molar-refractivity contribution in [1.82, 2.24) is 0 Å². The molecular formula is C19H20N2O5S. The molecular weight excluding hydrogens is 368 g/mol. The van der Waals surface area contributed by atoms with E-state index in [0.29, 0.717) is 28.3 Å². The van der Waals surface area contributed by atoms with Crippen LogP contribution in [0.15, 0.2) is 36.4 Å². The number of thioether (sulfide) groups is 1. The topological polar surface area (TPSA) is 110 Å². The number of nitrogens with zero attached hydrogens (tertiary/aromatic N) is 1. The number of benzene rings is 2. The summed E-state index contributed by atoms with van der Waals surface area (Å²) in [5.41, 5.74) is 2.88. The van der Waals surface area contributed by atoms with Crippen molar-refractivity contribution in [3.05, 3.63) is 68.8 Å². The average molecular weight is 388 g/mol. The molecule has 1 amide bonds. The summed E-state index contributed by atoms with van der Waals surface area (Å²) in [6, 6.07) is 10.2. The van der Waals surface area contributed by atoms with Crippen LogP contribution in [0.2, 0.25) is 0 Å². The Morgan fingerprint density at radius 2 is 1.93 bits per heavy atom. The molecule has 2 rings (SSSR count). The standard InChI is InChI=1S/C19H20N2O5S/c1-12-8-13(2)17(21(25)26)10-16(12)19(24)20-15-5-3-4-14(9-15)11-27-7-6-18(22)23/h3-5,8-10H,6-7,11H2,1-2H3,(H,20,24)(H,22,23). The van der Waals surface area contributed by atoms with Gasteiger partial charge in [-0.05, 0) is 43.2 Å². The maximum atomic E-state index is 12.6. The van der Waals surface area contributed by atoms with E-state index < -0.39 is 16.8 Å². The highest BCUT2D eigenvalue weighted by Crippen LogP contribution is 2.24. The van der Waals surface area contributed by atoms with Crippen LogP contribution in [0.5, 0.6) is 0 Å². The molecule has 7 nitrogen and oxygen atoms in total. The van der Waals surface area contributed by atoms with Crippen molar-refractivity contribution in [3.63, 3.8) is 0 Å². The molecule has 0 heterocycles. The van der Waals surface area contributed by atoms with Crippen LogP contribution in [0.1, 0.15) is 33.5 Å². The summed E-state index contributed by atoms with van der Waals surface area (Å²) in [5.74, 6) is -0.0955. The molecule has 0 radical (unpaired) electrons. The van der Waals surface area contributed by atoms with Gasteiger partial charge in [-0.3, -0.25) is 19.7 Å². The van der Waals surface area contributed by atoms with Crippen LogP contribution in [0.3, 0.4) is 0 Å². The fourth-order valence-electron chi connectivity index (χ4n) is 2.57. The van der Waals surface area contributed by atoms with Gasteiger partial charge in [0.05, 0.1) is 11.3 Å². The van der Waals surface area contributed by atoms with Crippen molar-refractivity contribution in [2.75, 3.05) is 11.1 Å². The summed E-state index contributed by atoms with van der Waals surface area (Å²) < 4.78 is 0. The van der Waals surface area contributed by atoms with Crippen LogP contribution < -0.4 is 5.32 Å². The van der Waals surface area contributed by atoms with Gasteiger partial charge in [0.1, 0.15) is 0 Å². The highest BCUT2D eigenvalue weighted by atomic mass is 32.2. The van der Waals surface area contributed by atoms with Gasteiger partial charge in [0.15, 0.2) is 0 Å². The SMILES string of the molecule is Cc1cc(C)c([N+](=O)[O-])cc1C(=O)Nc1cccc(CSCCC(=O)O)c1. The second-order valence-corrected chi connectivity index (χ2v) is 7.17. The molecule has 0 aromatic heterocycles. The first-order chi connectivity index (χ1) is 12.8. The van der Waals surface area contributed by atoms with Gasteiger partial charge in [-0.2, -0.15) is 11.8 Å². The molecule has 0 aliphatic heterocycles. The van der Waals surface area contributed by atoms with Gasteiger partial charge in [-0.25, -0.2) is 0 Å². The molecule has 0 atom stereocenters. The van der Waals surface area contributed by atoms with Gasteiger partial charge < -0.3 is 10.4 Å². The number of hydrogen-bond acceptors (Lipinski definition) is 5. The van der Waals surface area contributed by atoms with Crippen LogP contribution in [-0.2, 0) is 10.5 Å². The Morgan fingerprint density at radius 1 is 1.19 bits per heavy atom. The molecule has 0 aliphatic carbocycles. The third kappa shape index (κ3) is 5.82. The molecule has 142 valence electrons. The number of aliphatic carboxylic acids is 1. The quantitative estimate of drug-likeness (QED) is 0.399. The van der Waals surface area contributed by atoms with E-state index in [0.717, 1.165) is 5.56 Å². The van der Waals surface area contributed by atoms with E-state index in [9.17, 15) is 19.7 Å². The lowest BCUT2D eigenvalue weighted by molar-refractivity contribution is -0.385. The second kappa shape index (κ2) is 9.18. The van der Waals surface area contributed by atoms with Crippen LogP contribution in [0.4, 0.5) is 11.4 Å². The Hall–Kier alpha value is -2.87. The molecule has 2 aromatic rings. The van der Waals surface area contributed by atoms with E-state index in [1.165, 1.54) is 17.8 Å². The molecule has 0 saturated carbocycles. The summed E-state index contributed by atoms with van der Waals surface area (Å²) >= 11 is 1.50. The minimum atomic E-state index is -0.828. The lowest BCUT2D eigenvalue weighted by atomic mass is 10.0. The van der Waals surface area contributed by atoms with Crippen molar-refractivity contribution in [2.45, 2.75) is 26.0 Å². The number of nitrogens with one attached hydrogen (secondary N) is 1. The predicted octanol–water partition coefficient (Wildman–Crippen LogP) is 4.17. The zero-order valence-electron chi connectivity index (χ0n) is 15.0. The fourth-order valence-corrected chi connectivity index (χ4v) is 3.45. The van der Waals surface area contributed by atoms with Crippen molar-refractivity contribution in [2.24, 2.45) is 0 Å². The largest absolute Gasteiger partial charge is 0.481 e. The van der Waals surface area contributed by atoms with Gasteiger partial charge in [0.2, 0.25) is 0 Å². The minimum absolute atomic E-state index is 0.0886. The van der Waals surface area contributed by atoms with Crippen LogP contribution in [-0.4, -0.2) is 27.7 Å². The lowest BCUT2D eigenvalue weighted by Gasteiger charge is -2.10. The van der Waals surface area contributed by atoms with Crippen molar-refractivity contribution in [3.8, 4) is 0 Å². The summed E-state index contributed by atoms with van der Waals surface area (Å²) in [5, 5.41) is 22.5. The summed E-state index contributed by atoms with van der Waals surface area (Å²) in [7, 11) is 0. The van der Waals surface area contributed by atoms with E-state index in [1.54, 1.807) is 32.0 Å². The molecule has 8 heteroatoms. The molecule has 27 heavy (non-hydrogen) atoms. The number of amides is 1. The van der Waals surface area contributed by atoms with Gasteiger partial charge >= 0.3 is 5.97 Å². The zero-order chi connectivity index (χ0) is 20.0. The van der Waals surface area contributed by atoms with E-state index in [4.69, 9.17) is 5.11 Å². The fraction of sp³-hybridized carbons (Fsp3) is 0.263. The summed E-state index contributed by atoms with van der Waals surface area (Å²) in [6.07, 6.45) is 0.104. The lowest BCUT2D eigenvalue weighted by Crippen LogP contribution is -2.14. The Bertz CT molecular complexity index is 882. The smallest absolute Gasteiger partial charge is 0.304 e. The Morgan fingerprint density at radius 3 is 2.59 bits per heavy atom. The number of carbonyl (C=O) groups excluding carboxylic acids is 1. The predicted molar refractivity (Wildman–Crippen MR) is 105 cm³/mol. The van der Waals surface area contributed by atoms with Crippen LogP contribution in [0.25, 0.3) is 0 Å². The van der Waals surface area contributed by atoms with E-state index >= 15 is 0 Å². The van der Waals surface area contributed by atoms with Crippen LogP contribution in [0, 0.1) is 24.0 Å². The summed E-state index contributed by atoms with van der Waals surface area (Å²) in [4.78, 5) is 33.7. The highest BCUT2D eigenvalue weighted by Gasteiger charge is 2.18. The van der Waals surface area contributed by atoms with Crippen LogP contribution >= 0.6 is 11.8 Å². The first kappa shape index (κ1) is 20.4. The number of carboxylic acids is 1. The molecule has 2 N–H and O–H groups in total. The Labute approximate surface area is 160 Å². The Balaban J connectivity index is 2.10. The second-order valence-electron chi connectivity index (χ2n) is 6.06. The molecule has 2 aromatic carbocycles. The third-order valence-electron chi connectivity index (χ3n) is 3.90. The Kier molecular flexibility index (Phi) is 6.95. The summed E-state index contributed by atoms with van der Waals surface area (Å²) in [6.45, 7) is 3.37. The van der Waals surface area contributed by atoms with Gasteiger partial charge in [-0.15, -0.1) is 0 Å². The minimum Gasteiger partial charge on any atom is -0.481 e. The molecule has 0 fully saturated rings. The number of anilines is 1. The zero-order valence-corrected chi connectivity index (χ0v) is 15.8. The number of carbonyl (C=O) groups is 2. The van der Waals surface area contributed by atoms with Crippen molar-refractivity contribution in [1.29, 1.82) is 0 Å². The van der Waals surface area contributed by atoms with E-state index in [1.807, 2.05) is 12.1 Å². The van der Waals surface area contributed by atoms with Crippen molar-refractivity contribution >= 4 is 35.0 Å². The van der Waals surface area contributed by atoms with Gasteiger partial charge in [0, 0.05) is 34.4 Å². The number of nitro groups is 1. The number of hydrogen-bond donors (Lipinski definition) is 2. The number of nitro benzene ring substituents is 1. The molecule has 0 aliphatic rings. The number of rotatable bonds is 8.